The lowest BCUT2D eigenvalue weighted by Crippen LogP contribution is -1.43. The molecule has 0 N–H and O–H groups in total. The van der Waals surface area contributed by atoms with E-state index in [-0.39, 0.29) is 34.9 Å². The van der Waals surface area contributed by atoms with Crippen LogP contribution in [0.15, 0.2) is 18.4 Å². The molecule has 0 heterocycles. The highest BCUT2D eigenvalue weighted by Crippen LogP contribution is 3.16. The van der Waals surface area contributed by atoms with E-state index < -0.39 is 0 Å². The van der Waals surface area contributed by atoms with Crippen molar-refractivity contribution in [3.05, 3.63) is 18.4 Å². The molecule has 0 saturated carbocycles. The third kappa shape index (κ3) is 12.4. The molecule has 0 aliphatic heterocycles. The SMILES string of the molecule is C=C=CC.PP(P)P(P)P(P(P)P)P(P)P. The predicted octanol–water partition coefficient (Wildman–Crippen LogP) is 7.93. The summed E-state index contributed by atoms with van der Waals surface area (Å²) in [5.41, 5.74) is 2.56. The third-order valence-corrected chi connectivity index (χ3v) is 67.7. The quantitative estimate of drug-likeness (QED) is 0.308. The molecule has 0 rings (SSSR count). The Balaban J connectivity index is 0. The molecule has 0 aromatic heterocycles. The second kappa shape index (κ2) is 14.6. The molecular formula is C4H20P12. The maximum absolute atomic E-state index is 3.30. The number of allylic oxidation sites excluding steroid dienone is 1. The zero-order valence-electron chi connectivity index (χ0n) is 9.06. The van der Waals surface area contributed by atoms with E-state index in [0.717, 1.165) is 0 Å². The first-order chi connectivity index (χ1) is 7.29. The van der Waals surface area contributed by atoms with Gasteiger partial charge in [0.05, 0.1) is 0 Å². The second-order valence-corrected chi connectivity index (χ2v) is 47.2. The first-order valence-corrected chi connectivity index (χ1v) is 24.7. The number of hydrogen-bond acceptors (Lipinski definition) is 0. The fourth-order valence-electron chi connectivity index (χ4n) is 0.423. The van der Waals surface area contributed by atoms with Crippen LogP contribution in [-0.2, 0) is 0 Å². The molecule has 0 aliphatic rings. The summed E-state index contributed by atoms with van der Waals surface area (Å²) in [7, 11) is 21.0. The lowest BCUT2D eigenvalue weighted by Gasteiger charge is -2.32. The average Bonchev–Trinajstić information content (AvgIpc) is 2.16. The molecule has 0 saturated heterocycles. The van der Waals surface area contributed by atoms with Gasteiger partial charge in [0.25, 0.3) is 0 Å². The van der Waals surface area contributed by atoms with Crippen molar-refractivity contribution in [2.24, 2.45) is 0 Å². The van der Waals surface area contributed by atoms with Gasteiger partial charge in [-0.05, 0) is 47.9 Å². The monoisotopic (exact) mass is 440 g/mol. The van der Waals surface area contributed by atoms with Crippen molar-refractivity contribution in [1.82, 2.24) is 0 Å². The summed E-state index contributed by atoms with van der Waals surface area (Å²) in [6.45, 7) is 5.88. The normalized spacial score (nSPS) is 12.5. The summed E-state index contributed by atoms with van der Waals surface area (Å²) in [4.78, 5) is 0. The van der Waals surface area contributed by atoms with Gasteiger partial charge >= 0.3 is 0 Å². The smallest absolute Gasteiger partial charge is 0.00631 e. The average molecular weight is 440 g/mol. The summed E-state index contributed by atoms with van der Waals surface area (Å²) in [6, 6.07) is 0. The minimum absolute atomic E-state index is 0.103. The van der Waals surface area contributed by atoms with E-state index in [1.165, 1.54) is 0 Å². The van der Waals surface area contributed by atoms with E-state index in [4.69, 9.17) is 0 Å². The van der Waals surface area contributed by atoms with Gasteiger partial charge in [-0.2, -0.15) is 0 Å². The first-order valence-electron chi connectivity index (χ1n) is 3.83. The van der Waals surface area contributed by atoms with Crippen LogP contribution in [-0.4, -0.2) is 0 Å². The molecule has 16 heavy (non-hydrogen) atoms. The Labute approximate surface area is 122 Å². The zero-order chi connectivity index (χ0) is 13.3. The molecule has 96 valence electrons. The second-order valence-electron chi connectivity index (χ2n) is 2.22. The highest BCUT2D eigenvalue weighted by molar-refractivity contribution is 9.21. The topological polar surface area (TPSA) is 0 Å². The van der Waals surface area contributed by atoms with E-state index in [9.17, 15) is 0 Å². The summed E-state index contributed by atoms with van der Waals surface area (Å²) in [5.74, 6) is 0. The molecule has 0 nitrogen and oxygen atoms in total. The largest absolute Gasteiger partial charge is 0.133 e. The standard InChI is InChI=1S/C4H6.H14P12/c1-3-4-2;1-8(2)11(7)12(9(3)4)10(5)6/h4H,1H2,2H3;1-7H2. The molecular weight excluding hydrogens is 420 g/mol. The molecule has 0 aromatic rings. The van der Waals surface area contributed by atoms with Crippen LogP contribution >= 0.6 is 97.4 Å². The molecule has 0 aromatic carbocycles. The van der Waals surface area contributed by atoms with Gasteiger partial charge in [-0.15, -0.1) is 68.2 Å². The van der Waals surface area contributed by atoms with E-state index in [1.807, 2.05) is 6.92 Å². The Morgan fingerprint density at radius 1 is 0.875 bits per heavy atom. The lowest BCUT2D eigenvalue weighted by atomic mass is 10.7. The minimum Gasteiger partial charge on any atom is -0.133 e. The van der Waals surface area contributed by atoms with Crippen LogP contribution in [0.4, 0.5) is 0 Å². The summed E-state index contributed by atoms with van der Waals surface area (Å²) in [5, 5.41) is 0. The molecule has 0 bridgehead atoms. The van der Waals surface area contributed by atoms with Crippen LogP contribution in [0.25, 0.3) is 0 Å². The number of hydrogen-bond donors (Lipinski definition) is 0. The lowest BCUT2D eigenvalue weighted by molar-refractivity contribution is 1.78. The summed E-state index contributed by atoms with van der Waals surface area (Å²) < 4.78 is 0. The molecule has 12 heteroatoms. The van der Waals surface area contributed by atoms with Crippen molar-refractivity contribution >= 4 is 97.4 Å². The molecule has 0 aliphatic carbocycles. The van der Waals surface area contributed by atoms with Crippen LogP contribution in [0, 0.1) is 0 Å². The Hall–Kier alpha value is 4.68. The highest BCUT2D eigenvalue weighted by atomic mass is 33.3. The van der Waals surface area contributed by atoms with Crippen molar-refractivity contribution in [3.8, 4) is 0 Å². The van der Waals surface area contributed by atoms with Gasteiger partial charge in [0.2, 0.25) is 0 Å². The molecule has 0 amide bonds. The van der Waals surface area contributed by atoms with Crippen molar-refractivity contribution in [3.63, 3.8) is 0 Å². The summed E-state index contributed by atoms with van der Waals surface area (Å²) in [6.07, 6.45) is 1.76. The number of rotatable bonds is 4. The van der Waals surface area contributed by atoms with Crippen LogP contribution in [0.1, 0.15) is 6.92 Å². The molecule has 0 spiro atoms. The van der Waals surface area contributed by atoms with Crippen molar-refractivity contribution in [2.45, 2.75) is 6.92 Å². The van der Waals surface area contributed by atoms with Crippen LogP contribution in [0.5, 0.6) is 0 Å². The van der Waals surface area contributed by atoms with Crippen LogP contribution in [0.2, 0.25) is 0 Å². The van der Waals surface area contributed by atoms with Crippen LogP contribution < -0.4 is 0 Å². The van der Waals surface area contributed by atoms with E-state index in [1.54, 1.807) is 6.08 Å². The fourth-order valence-corrected chi connectivity index (χ4v) is 103. The Bertz CT molecular complexity index is 197. The summed E-state index contributed by atoms with van der Waals surface area (Å²) >= 11 is 0. The van der Waals surface area contributed by atoms with Crippen molar-refractivity contribution in [1.29, 1.82) is 0 Å². The van der Waals surface area contributed by atoms with E-state index in [2.05, 4.69) is 74.8 Å². The maximum Gasteiger partial charge on any atom is -0.00631 e. The zero-order valence-corrected chi connectivity index (χ0v) is 21.6. The maximum atomic E-state index is 3.30. The van der Waals surface area contributed by atoms with E-state index in [0.29, 0.717) is 0 Å². The Morgan fingerprint density at radius 3 is 1.25 bits per heavy atom. The highest BCUT2D eigenvalue weighted by Gasteiger charge is 2.26. The molecule has 8 unspecified atom stereocenters. The van der Waals surface area contributed by atoms with Gasteiger partial charge < -0.3 is 0 Å². The third-order valence-electron chi connectivity index (χ3n) is 1.04. The Morgan fingerprint density at radius 2 is 1.19 bits per heavy atom. The minimum atomic E-state index is 0.103. The van der Waals surface area contributed by atoms with Gasteiger partial charge in [-0.3, -0.25) is 0 Å². The van der Waals surface area contributed by atoms with Gasteiger partial charge in [0, 0.05) is 0 Å². The van der Waals surface area contributed by atoms with Gasteiger partial charge in [-0.25, -0.2) is 0 Å². The van der Waals surface area contributed by atoms with Crippen LogP contribution in [0.3, 0.4) is 0 Å². The molecule has 0 fully saturated rings. The van der Waals surface area contributed by atoms with Crippen molar-refractivity contribution < 1.29 is 0 Å². The predicted molar refractivity (Wildman–Crippen MR) is 122 cm³/mol. The fraction of sp³-hybridized carbons (Fsp3) is 0.250. The van der Waals surface area contributed by atoms with E-state index >= 15 is 0 Å². The van der Waals surface area contributed by atoms with Gasteiger partial charge in [0.15, 0.2) is 0 Å². The van der Waals surface area contributed by atoms with Gasteiger partial charge in [-0.1, -0.05) is 6.58 Å². The Kier molecular flexibility index (Phi) is 21.0. The molecule has 8 atom stereocenters. The molecule has 0 radical (unpaired) electrons. The van der Waals surface area contributed by atoms with Crippen molar-refractivity contribution in [2.75, 3.05) is 0 Å². The first kappa shape index (κ1) is 23.0. The van der Waals surface area contributed by atoms with Gasteiger partial charge in [0.1, 0.15) is 0 Å².